The van der Waals surface area contributed by atoms with Crippen molar-refractivity contribution in [2.45, 2.75) is 25.8 Å². The van der Waals surface area contributed by atoms with Crippen molar-refractivity contribution < 1.29 is 14.3 Å². The van der Waals surface area contributed by atoms with Crippen molar-refractivity contribution in [1.82, 2.24) is 9.88 Å². The van der Waals surface area contributed by atoms with Crippen LogP contribution < -0.4 is 0 Å². The Bertz CT molecular complexity index is 608. The Morgan fingerprint density at radius 1 is 1.62 bits per heavy atom. The van der Waals surface area contributed by atoms with Crippen LogP contribution in [0.2, 0.25) is 0 Å². The lowest BCUT2D eigenvalue weighted by Gasteiger charge is -2.24. The first-order valence-electron chi connectivity index (χ1n) is 7.07. The average molecular weight is 306 g/mol. The SMILES string of the molecule is CC1CCN(C(=O)Cc2csc(-c3ccco3)n2)C1CO. The standard InChI is InChI=1S/C15H18N2O3S/c1-10-4-5-17(12(10)8-18)14(19)7-11-9-21-15(16-11)13-3-2-6-20-13/h2-3,6,9-10,12,18H,4-5,7-8H2,1H3. The summed E-state index contributed by atoms with van der Waals surface area (Å²) >= 11 is 1.47. The minimum absolute atomic E-state index is 0.0294. The Hall–Kier alpha value is -1.66. The highest BCUT2D eigenvalue weighted by molar-refractivity contribution is 7.13. The Labute approximate surface area is 127 Å². The van der Waals surface area contributed by atoms with Crippen molar-refractivity contribution in [2.75, 3.05) is 13.2 Å². The maximum absolute atomic E-state index is 12.4. The highest BCUT2D eigenvalue weighted by Crippen LogP contribution is 2.26. The third-order valence-electron chi connectivity index (χ3n) is 4.01. The van der Waals surface area contributed by atoms with Gasteiger partial charge in [0.25, 0.3) is 0 Å². The normalized spacial score (nSPS) is 21.9. The summed E-state index contributed by atoms with van der Waals surface area (Å²) in [4.78, 5) is 18.6. The molecule has 5 nitrogen and oxygen atoms in total. The molecule has 0 bridgehead atoms. The zero-order valence-corrected chi connectivity index (χ0v) is 12.7. The van der Waals surface area contributed by atoms with Gasteiger partial charge < -0.3 is 14.4 Å². The van der Waals surface area contributed by atoms with Crippen LogP contribution >= 0.6 is 11.3 Å². The second-order valence-electron chi connectivity index (χ2n) is 5.40. The van der Waals surface area contributed by atoms with Crippen LogP contribution in [-0.4, -0.2) is 40.1 Å². The zero-order valence-electron chi connectivity index (χ0n) is 11.9. The fourth-order valence-electron chi connectivity index (χ4n) is 2.75. The molecule has 21 heavy (non-hydrogen) atoms. The van der Waals surface area contributed by atoms with Crippen molar-refractivity contribution in [3.05, 3.63) is 29.5 Å². The van der Waals surface area contributed by atoms with E-state index < -0.39 is 0 Å². The molecule has 2 aromatic rings. The van der Waals surface area contributed by atoms with Gasteiger partial charge in [-0.3, -0.25) is 4.79 Å². The molecule has 2 unspecified atom stereocenters. The van der Waals surface area contributed by atoms with E-state index in [0.29, 0.717) is 5.92 Å². The van der Waals surface area contributed by atoms with E-state index in [9.17, 15) is 9.90 Å². The number of carbonyl (C=O) groups is 1. The molecular formula is C15H18N2O3S. The molecule has 1 aliphatic rings. The zero-order chi connectivity index (χ0) is 14.8. The van der Waals surface area contributed by atoms with Gasteiger partial charge in [-0.25, -0.2) is 4.98 Å². The van der Waals surface area contributed by atoms with Gasteiger partial charge in [0, 0.05) is 11.9 Å². The molecule has 3 heterocycles. The highest BCUT2D eigenvalue weighted by atomic mass is 32.1. The average Bonchev–Trinajstić information content (AvgIpc) is 3.17. The maximum Gasteiger partial charge on any atom is 0.228 e. The molecule has 0 radical (unpaired) electrons. The Balaban J connectivity index is 1.68. The second kappa shape index (κ2) is 5.99. The number of carbonyl (C=O) groups excluding carboxylic acids is 1. The number of aromatic nitrogens is 1. The van der Waals surface area contributed by atoms with Crippen LogP contribution in [0.4, 0.5) is 0 Å². The lowest BCUT2D eigenvalue weighted by atomic mass is 10.0. The number of hydrogen-bond donors (Lipinski definition) is 1. The van der Waals surface area contributed by atoms with E-state index in [0.717, 1.165) is 29.4 Å². The van der Waals surface area contributed by atoms with Crippen LogP contribution in [0.25, 0.3) is 10.8 Å². The second-order valence-corrected chi connectivity index (χ2v) is 6.26. The molecular weight excluding hydrogens is 288 g/mol. The molecule has 1 aliphatic heterocycles. The topological polar surface area (TPSA) is 66.6 Å². The largest absolute Gasteiger partial charge is 0.462 e. The molecule has 6 heteroatoms. The summed E-state index contributed by atoms with van der Waals surface area (Å²) < 4.78 is 5.31. The van der Waals surface area contributed by atoms with Crippen molar-refractivity contribution in [3.8, 4) is 10.8 Å². The van der Waals surface area contributed by atoms with Crippen LogP contribution in [0.5, 0.6) is 0 Å². The van der Waals surface area contributed by atoms with Crippen molar-refractivity contribution in [3.63, 3.8) is 0 Å². The third kappa shape index (κ3) is 2.87. The molecule has 3 rings (SSSR count). The molecule has 1 N–H and O–H groups in total. The molecule has 1 saturated heterocycles. The third-order valence-corrected chi connectivity index (χ3v) is 4.91. The van der Waals surface area contributed by atoms with E-state index >= 15 is 0 Å². The van der Waals surface area contributed by atoms with Crippen molar-refractivity contribution >= 4 is 17.2 Å². The van der Waals surface area contributed by atoms with Crippen LogP contribution in [0.15, 0.2) is 28.2 Å². The summed E-state index contributed by atoms with van der Waals surface area (Å²) in [6.07, 6.45) is 2.84. The number of thiazole rings is 1. The van der Waals surface area contributed by atoms with Gasteiger partial charge in [0.15, 0.2) is 10.8 Å². The molecule has 2 atom stereocenters. The fraction of sp³-hybridized carbons (Fsp3) is 0.467. The number of furan rings is 1. The molecule has 0 saturated carbocycles. The summed E-state index contributed by atoms with van der Waals surface area (Å²) in [5.41, 5.74) is 0.757. The Kier molecular flexibility index (Phi) is 4.07. The number of aliphatic hydroxyl groups excluding tert-OH is 1. The Morgan fingerprint density at radius 2 is 2.48 bits per heavy atom. The number of amides is 1. The molecule has 0 aliphatic carbocycles. The molecule has 0 aromatic carbocycles. The first-order chi connectivity index (χ1) is 10.2. The van der Waals surface area contributed by atoms with E-state index in [1.54, 1.807) is 11.2 Å². The Morgan fingerprint density at radius 3 is 3.19 bits per heavy atom. The smallest absolute Gasteiger partial charge is 0.228 e. The highest BCUT2D eigenvalue weighted by Gasteiger charge is 2.33. The molecule has 0 spiro atoms. The fourth-order valence-corrected chi connectivity index (χ4v) is 3.54. The molecule has 1 amide bonds. The van der Waals surface area contributed by atoms with E-state index in [2.05, 4.69) is 11.9 Å². The van der Waals surface area contributed by atoms with E-state index in [-0.39, 0.29) is 25.0 Å². The van der Waals surface area contributed by atoms with E-state index in [1.807, 2.05) is 17.5 Å². The summed E-state index contributed by atoms with van der Waals surface area (Å²) in [6, 6.07) is 3.62. The maximum atomic E-state index is 12.4. The minimum atomic E-state index is -0.0549. The quantitative estimate of drug-likeness (QED) is 0.940. The van der Waals surface area contributed by atoms with Gasteiger partial charge in [-0.15, -0.1) is 11.3 Å². The van der Waals surface area contributed by atoms with Gasteiger partial charge in [0.1, 0.15) is 0 Å². The first-order valence-corrected chi connectivity index (χ1v) is 7.95. The summed E-state index contributed by atoms with van der Waals surface area (Å²) in [5.74, 6) is 1.12. The molecule has 112 valence electrons. The predicted molar refractivity (Wildman–Crippen MR) is 79.9 cm³/mol. The number of nitrogens with zero attached hydrogens (tertiary/aromatic N) is 2. The van der Waals surface area contributed by atoms with Crippen molar-refractivity contribution in [2.24, 2.45) is 5.92 Å². The van der Waals surface area contributed by atoms with Gasteiger partial charge in [-0.05, 0) is 24.5 Å². The number of likely N-dealkylation sites (tertiary alicyclic amines) is 1. The monoisotopic (exact) mass is 306 g/mol. The van der Waals surface area contributed by atoms with Crippen LogP contribution in [0.1, 0.15) is 19.0 Å². The van der Waals surface area contributed by atoms with Gasteiger partial charge >= 0.3 is 0 Å². The summed E-state index contributed by atoms with van der Waals surface area (Å²) in [6.45, 7) is 2.83. The van der Waals surface area contributed by atoms with Gasteiger partial charge in [-0.2, -0.15) is 0 Å². The van der Waals surface area contributed by atoms with Crippen LogP contribution in [0.3, 0.4) is 0 Å². The number of rotatable bonds is 4. The van der Waals surface area contributed by atoms with Crippen LogP contribution in [-0.2, 0) is 11.2 Å². The predicted octanol–water partition coefficient (Wildman–Crippen LogP) is 2.17. The minimum Gasteiger partial charge on any atom is -0.462 e. The van der Waals surface area contributed by atoms with Gasteiger partial charge in [0.05, 0.1) is 31.0 Å². The number of aliphatic hydroxyl groups is 1. The van der Waals surface area contributed by atoms with Crippen LogP contribution in [0, 0.1) is 5.92 Å². The van der Waals surface area contributed by atoms with E-state index in [4.69, 9.17) is 4.42 Å². The summed E-state index contributed by atoms with van der Waals surface area (Å²) in [5, 5.41) is 12.1. The molecule has 2 aromatic heterocycles. The van der Waals surface area contributed by atoms with Gasteiger partial charge in [-0.1, -0.05) is 6.92 Å². The number of hydrogen-bond acceptors (Lipinski definition) is 5. The summed E-state index contributed by atoms with van der Waals surface area (Å²) in [7, 11) is 0. The van der Waals surface area contributed by atoms with Gasteiger partial charge in [0.2, 0.25) is 5.91 Å². The molecule has 1 fully saturated rings. The lowest BCUT2D eigenvalue weighted by molar-refractivity contribution is -0.132. The van der Waals surface area contributed by atoms with E-state index in [1.165, 1.54) is 11.3 Å². The lowest BCUT2D eigenvalue weighted by Crippen LogP contribution is -2.40. The first kappa shape index (κ1) is 14.3. The van der Waals surface area contributed by atoms with Crippen molar-refractivity contribution in [1.29, 1.82) is 0 Å².